The van der Waals surface area contributed by atoms with Gasteiger partial charge in [-0.05, 0) is 62.0 Å². The Morgan fingerprint density at radius 2 is 1.97 bits per heavy atom. The van der Waals surface area contributed by atoms with Crippen LogP contribution in [0.5, 0.6) is 5.75 Å². The number of nitrogens with zero attached hydrogens (tertiary/aromatic N) is 5. The van der Waals surface area contributed by atoms with Crippen LogP contribution in [0.1, 0.15) is 34.7 Å². The minimum Gasteiger partial charge on any atom is -0.496 e. The zero-order chi connectivity index (χ0) is 26.8. The second kappa shape index (κ2) is 11.1. The summed E-state index contributed by atoms with van der Waals surface area (Å²) < 4.78 is 12.7. The highest BCUT2D eigenvalue weighted by Gasteiger charge is 2.41. The van der Waals surface area contributed by atoms with E-state index in [0.717, 1.165) is 62.0 Å². The van der Waals surface area contributed by atoms with Crippen LogP contribution in [0.25, 0.3) is 5.69 Å². The van der Waals surface area contributed by atoms with Gasteiger partial charge < -0.3 is 24.3 Å². The van der Waals surface area contributed by atoms with Crippen LogP contribution in [-0.4, -0.2) is 75.9 Å². The number of methoxy groups -OCH3 is 1. The van der Waals surface area contributed by atoms with Crippen molar-refractivity contribution in [1.29, 1.82) is 0 Å². The van der Waals surface area contributed by atoms with Crippen molar-refractivity contribution in [3.05, 3.63) is 81.4 Å². The number of aromatic nitrogens is 2. The fraction of sp³-hybridized carbons (Fsp3) is 0.407. The Balaban J connectivity index is 1.56. The molecule has 5 rings (SSSR count). The molecule has 0 bridgehead atoms. The second-order valence-electron chi connectivity index (χ2n) is 9.55. The van der Waals surface area contributed by atoms with Crippen molar-refractivity contribution in [2.45, 2.75) is 25.9 Å². The number of nitrogens with one attached hydrogen (secondary N) is 1. The Morgan fingerprint density at radius 1 is 1.18 bits per heavy atom. The molecule has 2 aliphatic heterocycles. The van der Waals surface area contributed by atoms with Crippen LogP contribution in [0.2, 0.25) is 0 Å². The Kier molecular flexibility index (Phi) is 7.59. The van der Waals surface area contributed by atoms with E-state index in [4.69, 9.17) is 21.7 Å². The molecule has 0 aliphatic carbocycles. The van der Waals surface area contributed by atoms with Gasteiger partial charge in [0.25, 0.3) is 5.69 Å². The van der Waals surface area contributed by atoms with Gasteiger partial charge in [-0.3, -0.25) is 20.0 Å². The van der Waals surface area contributed by atoms with Gasteiger partial charge in [0.1, 0.15) is 11.4 Å². The number of nitro benzene ring substituents is 1. The summed E-state index contributed by atoms with van der Waals surface area (Å²) in [7, 11) is 1.50. The molecule has 200 valence electrons. The highest BCUT2D eigenvalue weighted by Crippen LogP contribution is 2.42. The van der Waals surface area contributed by atoms with E-state index < -0.39 is 0 Å². The molecule has 0 radical (unpaired) electrons. The van der Waals surface area contributed by atoms with Gasteiger partial charge in [0, 0.05) is 43.8 Å². The number of morpholine rings is 1. The highest BCUT2D eigenvalue weighted by atomic mass is 32.1. The van der Waals surface area contributed by atoms with Gasteiger partial charge in [0.05, 0.1) is 49.1 Å². The number of thiocarbonyl (C=S) groups is 1. The van der Waals surface area contributed by atoms with Crippen molar-refractivity contribution in [1.82, 2.24) is 24.7 Å². The fourth-order valence-corrected chi connectivity index (χ4v) is 5.81. The van der Waals surface area contributed by atoms with E-state index in [1.165, 1.54) is 13.2 Å². The molecule has 0 saturated carbocycles. The van der Waals surface area contributed by atoms with E-state index >= 15 is 0 Å². The lowest BCUT2D eigenvalue weighted by Gasteiger charge is -2.32. The molecule has 2 atom stereocenters. The van der Waals surface area contributed by atoms with Crippen molar-refractivity contribution in [2.75, 3.05) is 46.5 Å². The summed E-state index contributed by atoms with van der Waals surface area (Å²) in [5.41, 5.74) is 4.26. The summed E-state index contributed by atoms with van der Waals surface area (Å²) in [5, 5.41) is 16.2. The molecule has 0 unspecified atom stereocenters. The second-order valence-corrected chi connectivity index (χ2v) is 9.93. The number of rotatable bonds is 8. The molecule has 2 saturated heterocycles. The first-order valence-electron chi connectivity index (χ1n) is 12.7. The topological polar surface area (TPSA) is 97.9 Å². The smallest absolute Gasteiger partial charge is 0.296 e. The van der Waals surface area contributed by atoms with Gasteiger partial charge in [-0.2, -0.15) is 0 Å². The first-order chi connectivity index (χ1) is 18.4. The van der Waals surface area contributed by atoms with Crippen molar-refractivity contribution < 1.29 is 14.4 Å². The van der Waals surface area contributed by atoms with Crippen LogP contribution in [0, 0.1) is 24.0 Å². The summed E-state index contributed by atoms with van der Waals surface area (Å²) in [4.78, 5) is 20.9. The molecule has 2 fully saturated rings. The van der Waals surface area contributed by atoms with Gasteiger partial charge >= 0.3 is 0 Å². The quantitative estimate of drug-likeness (QED) is 0.262. The van der Waals surface area contributed by atoms with Crippen LogP contribution in [0.4, 0.5) is 5.69 Å². The first-order valence-corrected chi connectivity index (χ1v) is 13.1. The van der Waals surface area contributed by atoms with Crippen molar-refractivity contribution >= 4 is 23.0 Å². The van der Waals surface area contributed by atoms with Gasteiger partial charge in [-0.1, -0.05) is 6.07 Å². The summed E-state index contributed by atoms with van der Waals surface area (Å²) >= 11 is 5.85. The molecular formula is C27H32N6O4S. The lowest BCUT2D eigenvalue weighted by molar-refractivity contribution is -0.384. The number of ether oxygens (including phenoxy) is 2. The van der Waals surface area contributed by atoms with Crippen LogP contribution in [0.3, 0.4) is 0 Å². The van der Waals surface area contributed by atoms with E-state index in [1.54, 1.807) is 18.3 Å². The van der Waals surface area contributed by atoms with E-state index in [9.17, 15) is 10.1 Å². The Morgan fingerprint density at radius 3 is 2.66 bits per heavy atom. The van der Waals surface area contributed by atoms with Gasteiger partial charge in [0.2, 0.25) is 0 Å². The molecule has 1 aromatic carbocycles. The van der Waals surface area contributed by atoms with E-state index in [0.29, 0.717) is 16.5 Å². The van der Waals surface area contributed by atoms with Crippen LogP contribution < -0.4 is 10.1 Å². The maximum Gasteiger partial charge on any atom is 0.296 e. The molecule has 2 aromatic heterocycles. The molecule has 0 amide bonds. The van der Waals surface area contributed by atoms with Crippen molar-refractivity contribution in [3.8, 4) is 11.4 Å². The van der Waals surface area contributed by atoms with Crippen LogP contribution in [-0.2, 0) is 4.74 Å². The van der Waals surface area contributed by atoms with E-state index in [2.05, 4.69) is 26.2 Å². The molecule has 2 aliphatic rings. The maximum absolute atomic E-state index is 12.0. The summed E-state index contributed by atoms with van der Waals surface area (Å²) in [6, 6.07) is 12.7. The lowest BCUT2D eigenvalue weighted by atomic mass is 9.96. The monoisotopic (exact) mass is 536 g/mol. The third-order valence-corrected chi connectivity index (χ3v) is 7.72. The SMILES string of the molecule is COc1ccc(-n2c(C)cc([C@@H]3[C@H](c4ccccn4)NC(=S)N3CCN3CCOCC3)c2C)c([N+](=O)[O-])c1. The summed E-state index contributed by atoms with van der Waals surface area (Å²) in [6.45, 7) is 8.86. The van der Waals surface area contributed by atoms with Crippen LogP contribution in [0.15, 0.2) is 48.7 Å². The Labute approximate surface area is 227 Å². The van der Waals surface area contributed by atoms with Gasteiger partial charge in [0.15, 0.2) is 5.11 Å². The standard InChI is InChI=1S/C27H32N6O4S/c1-18-16-21(19(2)32(18)23-8-7-20(36-3)17-24(23)33(34)35)26-25(22-6-4-5-9-28-22)29-27(38)31(26)11-10-30-12-14-37-15-13-30/h4-9,16-17,25-26H,10-15H2,1-3H3,(H,29,38)/t25-,26+/m0/s1. The molecule has 11 heteroatoms. The largest absolute Gasteiger partial charge is 0.496 e. The Hall–Kier alpha value is -3.54. The predicted molar refractivity (Wildman–Crippen MR) is 148 cm³/mol. The first kappa shape index (κ1) is 26.1. The molecule has 38 heavy (non-hydrogen) atoms. The molecule has 10 nitrogen and oxygen atoms in total. The van der Waals surface area contributed by atoms with Crippen molar-refractivity contribution in [2.24, 2.45) is 0 Å². The number of benzene rings is 1. The zero-order valence-electron chi connectivity index (χ0n) is 21.8. The van der Waals surface area contributed by atoms with E-state index in [-0.39, 0.29) is 22.7 Å². The molecule has 0 spiro atoms. The third-order valence-electron chi connectivity index (χ3n) is 7.37. The maximum atomic E-state index is 12.0. The van der Waals surface area contributed by atoms with Gasteiger partial charge in [-0.25, -0.2) is 0 Å². The molecule has 3 aromatic rings. The third kappa shape index (κ3) is 4.96. The highest BCUT2D eigenvalue weighted by molar-refractivity contribution is 7.80. The zero-order valence-corrected chi connectivity index (χ0v) is 22.6. The number of nitro groups is 1. The average Bonchev–Trinajstić information content (AvgIpc) is 3.42. The number of aryl methyl sites for hydroxylation is 1. The lowest BCUT2D eigenvalue weighted by Crippen LogP contribution is -2.42. The van der Waals surface area contributed by atoms with Crippen molar-refractivity contribution in [3.63, 3.8) is 0 Å². The molecule has 4 heterocycles. The fourth-order valence-electron chi connectivity index (χ4n) is 5.48. The number of hydrogen-bond donors (Lipinski definition) is 1. The van der Waals surface area contributed by atoms with Crippen LogP contribution >= 0.6 is 12.2 Å². The summed E-state index contributed by atoms with van der Waals surface area (Å²) in [6.07, 6.45) is 1.79. The van der Waals surface area contributed by atoms with Gasteiger partial charge in [-0.15, -0.1) is 0 Å². The number of pyridine rings is 1. The Bertz CT molecular complexity index is 1320. The molecular weight excluding hydrogens is 504 g/mol. The normalized spacial score (nSPS) is 20.0. The molecule has 1 N–H and O–H groups in total. The predicted octanol–water partition coefficient (Wildman–Crippen LogP) is 3.71. The van der Waals surface area contributed by atoms with E-state index in [1.807, 2.05) is 36.6 Å². The minimum absolute atomic E-state index is 0.0109. The minimum atomic E-state index is -0.367. The number of hydrogen-bond acceptors (Lipinski definition) is 7. The summed E-state index contributed by atoms with van der Waals surface area (Å²) in [5.74, 6) is 0.443. The average molecular weight is 537 g/mol.